The zero-order valence-electron chi connectivity index (χ0n) is 13.4. The molecule has 1 aromatic carbocycles. The molecular formula is C18H26N2O2. The van der Waals surface area contributed by atoms with Gasteiger partial charge in [-0.25, -0.2) is 0 Å². The molecule has 1 fully saturated rings. The molecule has 0 heterocycles. The maximum Gasteiger partial charge on any atom is 0.238 e. The Morgan fingerprint density at radius 2 is 2.18 bits per heavy atom. The number of nitrogens with zero attached hydrogens (tertiary/aromatic N) is 1. The molecule has 0 spiro atoms. The van der Waals surface area contributed by atoms with Crippen molar-refractivity contribution in [2.45, 2.75) is 38.1 Å². The number of carbonyl (C=O) groups is 1. The van der Waals surface area contributed by atoms with E-state index in [1.807, 2.05) is 31.3 Å². The van der Waals surface area contributed by atoms with Crippen molar-refractivity contribution in [3.05, 3.63) is 36.9 Å². The number of amides is 1. The van der Waals surface area contributed by atoms with E-state index in [1.165, 1.54) is 32.1 Å². The van der Waals surface area contributed by atoms with Gasteiger partial charge in [-0.2, -0.15) is 0 Å². The topological polar surface area (TPSA) is 41.6 Å². The van der Waals surface area contributed by atoms with E-state index in [0.717, 1.165) is 11.4 Å². The second-order valence-electron chi connectivity index (χ2n) is 5.88. The zero-order valence-corrected chi connectivity index (χ0v) is 13.4. The van der Waals surface area contributed by atoms with Crippen LogP contribution in [0, 0.1) is 0 Å². The van der Waals surface area contributed by atoms with Gasteiger partial charge in [0.05, 0.1) is 6.54 Å². The number of anilines is 1. The Kier molecular flexibility index (Phi) is 6.46. The Hall–Kier alpha value is -1.81. The van der Waals surface area contributed by atoms with E-state index >= 15 is 0 Å². The van der Waals surface area contributed by atoms with Gasteiger partial charge < -0.3 is 10.1 Å². The lowest BCUT2D eigenvalue weighted by Gasteiger charge is -2.30. The largest absolute Gasteiger partial charge is 0.489 e. The molecule has 1 saturated carbocycles. The lowest BCUT2D eigenvalue weighted by atomic mass is 9.94. The minimum atomic E-state index is 0.0222. The van der Waals surface area contributed by atoms with Gasteiger partial charge in [0.15, 0.2) is 0 Å². The van der Waals surface area contributed by atoms with Gasteiger partial charge in [-0.1, -0.05) is 38.0 Å². The van der Waals surface area contributed by atoms with Crippen molar-refractivity contribution in [1.29, 1.82) is 0 Å². The van der Waals surface area contributed by atoms with Crippen LogP contribution in [0.1, 0.15) is 32.1 Å². The van der Waals surface area contributed by atoms with E-state index in [-0.39, 0.29) is 5.91 Å². The molecule has 4 heteroatoms. The summed E-state index contributed by atoms with van der Waals surface area (Å²) in [6, 6.07) is 8.00. The summed E-state index contributed by atoms with van der Waals surface area (Å²) in [7, 11) is 2.04. The number of benzene rings is 1. The quantitative estimate of drug-likeness (QED) is 0.784. The smallest absolute Gasteiger partial charge is 0.238 e. The maximum absolute atomic E-state index is 12.2. The molecule has 4 nitrogen and oxygen atoms in total. The average molecular weight is 302 g/mol. The Labute approximate surface area is 133 Å². The van der Waals surface area contributed by atoms with Crippen molar-refractivity contribution < 1.29 is 9.53 Å². The number of nitrogens with one attached hydrogen (secondary N) is 1. The van der Waals surface area contributed by atoms with E-state index in [9.17, 15) is 4.79 Å². The Morgan fingerprint density at radius 3 is 2.91 bits per heavy atom. The van der Waals surface area contributed by atoms with Crippen LogP contribution in [-0.4, -0.2) is 37.0 Å². The molecule has 1 aliphatic carbocycles. The number of ether oxygens (including phenoxy) is 1. The van der Waals surface area contributed by atoms with Crippen LogP contribution in [0.5, 0.6) is 5.75 Å². The molecule has 1 N–H and O–H groups in total. The highest BCUT2D eigenvalue weighted by Gasteiger charge is 2.19. The fourth-order valence-electron chi connectivity index (χ4n) is 2.90. The van der Waals surface area contributed by atoms with Crippen LogP contribution in [0.15, 0.2) is 36.9 Å². The van der Waals surface area contributed by atoms with E-state index < -0.39 is 0 Å². The fraction of sp³-hybridized carbons (Fsp3) is 0.500. The fourth-order valence-corrected chi connectivity index (χ4v) is 2.90. The number of carbonyl (C=O) groups excluding carboxylic acids is 1. The van der Waals surface area contributed by atoms with Crippen LogP contribution >= 0.6 is 0 Å². The molecule has 0 bridgehead atoms. The molecule has 0 aliphatic heterocycles. The van der Waals surface area contributed by atoms with Crippen molar-refractivity contribution in [3.63, 3.8) is 0 Å². The van der Waals surface area contributed by atoms with Crippen molar-refractivity contribution in [3.8, 4) is 5.75 Å². The first-order valence-electron chi connectivity index (χ1n) is 8.03. The first kappa shape index (κ1) is 16.6. The second-order valence-corrected chi connectivity index (χ2v) is 5.88. The van der Waals surface area contributed by atoms with Crippen molar-refractivity contribution in [2.75, 3.05) is 25.5 Å². The van der Waals surface area contributed by atoms with Crippen molar-refractivity contribution in [1.82, 2.24) is 4.90 Å². The summed E-state index contributed by atoms with van der Waals surface area (Å²) < 4.78 is 5.47. The van der Waals surface area contributed by atoms with Gasteiger partial charge in [-0.05, 0) is 32.0 Å². The lowest BCUT2D eigenvalue weighted by molar-refractivity contribution is -0.117. The summed E-state index contributed by atoms with van der Waals surface area (Å²) in [5.41, 5.74) is 0.767. The first-order chi connectivity index (χ1) is 10.7. The molecule has 0 atom stereocenters. The van der Waals surface area contributed by atoms with E-state index in [0.29, 0.717) is 19.2 Å². The third kappa shape index (κ3) is 5.19. The summed E-state index contributed by atoms with van der Waals surface area (Å²) in [6.45, 7) is 4.52. The van der Waals surface area contributed by atoms with Crippen LogP contribution in [-0.2, 0) is 4.79 Å². The highest BCUT2D eigenvalue weighted by molar-refractivity contribution is 5.92. The van der Waals surface area contributed by atoms with Gasteiger partial charge in [0, 0.05) is 17.8 Å². The van der Waals surface area contributed by atoms with Crippen molar-refractivity contribution in [2.24, 2.45) is 0 Å². The summed E-state index contributed by atoms with van der Waals surface area (Å²) >= 11 is 0. The first-order valence-corrected chi connectivity index (χ1v) is 8.03. The van der Waals surface area contributed by atoms with Crippen LogP contribution < -0.4 is 10.1 Å². The van der Waals surface area contributed by atoms with Gasteiger partial charge in [-0.3, -0.25) is 9.69 Å². The number of likely N-dealkylation sites (N-methyl/N-ethyl adjacent to an activating group) is 1. The molecule has 1 amide bonds. The zero-order chi connectivity index (χ0) is 15.8. The minimum Gasteiger partial charge on any atom is -0.489 e. The highest BCUT2D eigenvalue weighted by atomic mass is 16.5. The molecule has 0 unspecified atom stereocenters. The Bertz CT molecular complexity index is 496. The molecule has 0 aromatic heterocycles. The van der Waals surface area contributed by atoms with E-state index in [2.05, 4.69) is 16.8 Å². The molecule has 22 heavy (non-hydrogen) atoms. The molecule has 1 aliphatic rings. The van der Waals surface area contributed by atoms with Gasteiger partial charge in [-0.15, -0.1) is 0 Å². The SMILES string of the molecule is C=CCOc1cccc(NC(=O)CN(C)C2CCCCC2)c1. The van der Waals surface area contributed by atoms with E-state index in [4.69, 9.17) is 4.74 Å². The van der Waals surface area contributed by atoms with Crippen LogP contribution in [0.3, 0.4) is 0 Å². The average Bonchev–Trinajstić information content (AvgIpc) is 2.54. The lowest BCUT2D eigenvalue weighted by Crippen LogP contribution is -2.39. The predicted octanol–water partition coefficient (Wildman–Crippen LogP) is 3.45. The van der Waals surface area contributed by atoms with Crippen LogP contribution in [0.4, 0.5) is 5.69 Å². The molecule has 2 rings (SSSR count). The monoisotopic (exact) mass is 302 g/mol. The molecule has 0 radical (unpaired) electrons. The molecule has 1 aromatic rings. The summed E-state index contributed by atoms with van der Waals surface area (Å²) in [4.78, 5) is 14.4. The van der Waals surface area contributed by atoms with E-state index in [1.54, 1.807) is 6.08 Å². The summed E-state index contributed by atoms with van der Waals surface area (Å²) in [5.74, 6) is 0.757. The van der Waals surface area contributed by atoms with Gasteiger partial charge >= 0.3 is 0 Å². The maximum atomic E-state index is 12.2. The number of rotatable bonds is 7. The second kappa shape index (κ2) is 8.59. The molecular weight excluding hydrogens is 276 g/mol. The Morgan fingerprint density at radius 1 is 1.41 bits per heavy atom. The third-order valence-corrected chi connectivity index (χ3v) is 4.08. The molecule has 0 saturated heterocycles. The highest BCUT2D eigenvalue weighted by Crippen LogP contribution is 2.22. The number of hydrogen-bond acceptors (Lipinski definition) is 3. The predicted molar refractivity (Wildman–Crippen MR) is 90.3 cm³/mol. The van der Waals surface area contributed by atoms with Crippen LogP contribution in [0.2, 0.25) is 0 Å². The number of hydrogen-bond donors (Lipinski definition) is 1. The Balaban J connectivity index is 1.84. The normalized spacial score (nSPS) is 15.5. The van der Waals surface area contributed by atoms with Gasteiger partial charge in [0.1, 0.15) is 12.4 Å². The van der Waals surface area contributed by atoms with Crippen LogP contribution in [0.25, 0.3) is 0 Å². The standard InChI is InChI=1S/C18H26N2O2/c1-3-12-22-17-11-7-8-15(13-17)19-18(21)14-20(2)16-9-5-4-6-10-16/h3,7-8,11,13,16H,1,4-6,9-10,12,14H2,2H3,(H,19,21). The molecule has 120 valence electrons. The van der Waals surface area contributed by atoms with Crippen molar-refractivity contribution >= 4 is 11.6 Å². The third-order valence-electron chi connectivity index (χ3n) is 4.08. The van der Waals surface area contributed by atoms with Gasteiger partial charge in [0.25, 0.3) is 0 Å². The summed E-state index contributed by atoms with van der Waals surface area (Å²) in [5, 5.41) is 2.94. The summed E-state index contributed by atoms with van der Waals surface area (Å²) in [6.07, 6.45) is 7.99. The minimum absolute atomic E-state index is 0.0222. The van der Waals surface area contributed by atoms with Gasteiger partial charge in [0.2, 0.25) is 5.91 Å².